The zero-order valence-electron chi connectivity index (χ0n) is 16.3. The largest absolute Gasteiger partial charge is 0.462 e. The Hall–Kier alpha value is -0.653. The maximum absolute atomic E-state index is 12.4. The van der Waals surface area contributed by atoms with Crippen LogP contribution in [0.25, 0.3) is 0 Å². The Balaban J connectivity index is 2.41. The van der Waals surface area contributed by atoms with Gasteiger partial charge in [0.2, 0.25) is 8.32 Å². The van der Waals surface area contributed by atoms with E-state index >= 15 is 0 Å². The Morgan fingerprint density at radius 1 is 1.25 bits per heavy atom. The van der Waals surface area contributed by atoms with Gasteiger partial charge in [-0.05, 0) is 36.4 Å². The van der Waals surface area contributed by atoms with Crippen LogP contribution in [0.4, 0.5) is 0 Å². The quantitative estimate of drug-likeness (QED) is 0.486. The van der Waals surface area contributed by atoms with Crippen molar-refractivity contribution in [3.8, 4) is 0 Å². The van der Waals surface area contributed by atoms with Gasteiger partial charge in [0.15, 0.2) is 5.79 Å². The molecule has 4 nitrogen and oxygen atoms in total. The van der Waals surface area contributed by atoms with E-state index in [0.29, 0.717) is 35.4 Å². The third kappa shape index (κ3) is 2.99. The van der Waals surface area contributed by atoms with Gasteiger partial charge in [-0.2, -0.15) is 0 Å². The molecule has 1 heterocycles. The summed E-state index contributed by atoms with van der Waals surface area (Å²) in [6.45, 7) is 16.4. The molecule has 138 valence electrons. The summed E-state index contributed by atoms with van der Waals surface area (Å²) < 4.78 is 18.4. The number of fused-ring (bicyclic) bond motifs is 1. The van der Waals surface area contributed by atoms with Crippen molar-refractivity contribution in [3.63, 3.8) is 0 Å². The van der Waals surface area contributed by atoms with Crippen LogP contribution in [0.15, 0.2) is 11.6 Å². The van der Waals surface area contributed by atoms with E-state index in [1.807, 2.05) is 13.0 Å². The van der Waals surface area contributed by atoms with Crippen molar-refractivity contribution in [2.24, 2.45) is 5.92 Å². The standard InChI is InChI=1S/C19H34O4Si/c1-8-21-18(20)17-12-16-10-9-11-22-19(16,17)23-24(13(2)3,14(4)5)15(6)7/h12-16H,8-11H2,1-7H3/t16-,19+/m1/s1. The number of ether oxygens (including phenoxy) is 2. The highest BCUT2D eigenvalue weighted by molar-refractivity contribution is 6.77. The lowest BCUT2D eigenvalue weighted by atomic mass is 9.75. The summed E-state index contributed by atoms with van der Waals surface area (Å²) in [4.78, 5) is 12.4. The molecule has 1 fully saturated rings. The molecule has 24 heavy (non-hydrogen) atoms. The number of hydrogen-bond acceptors (Lipinski definition) is 4. The predicted molar refractivity (Wildman–Crippen MR) is 98.3 cm³/mol. The highest BCUT2D eigenvalue weighted by atomic mass is 28.4. The molecule has 1 aliphatic heterocycles. The van der Waals surface area contributed by atoms with Crippen LogP contribution in [0, 0.1) is 5.92 Å². The molecule has 5 heteroatoms. The fourth-order valence-electron chi connectivity index (χ4n) is 4.71. The molecule has 2 rings (SSSR count). The minimum absolute atomic E-state index is 0.175. The molecule has 2 atom stereocenters. The molecular formula is C19H34O4Si. The molecule has 0 spiro atoms. The first-order chi connectivity index (χ1) is 11.2. The van der Waals surface area contributed by atoms with E-state index in [0.717, 1.165) is 12.8 Å². The first-order valence-electron chi connectivity index (χ1n) is 9.45. The molecule has 0 unspecified atom stereocenters. The third-order valence-corrected chi connectivity index (χ3v) is 11.8. The summed E-state index contributed by atoms with van der Waals surface area (Å²) in [5.74, 6) is -0.973. The summed E-state index contributed by atoms with van der Waals surface area (Å²) in [6, 6.07) is 0. The van der Waals surface area contributed by atoms with Crippen LogP contribution in [0.5, 0.6) is 0 Å². The molecule has 1 aliphatic carbocycles. The minimum Gasteiger partial charge on any atom is -0.462 e. The van der Waals surface area contributed by atoms with Crippen molar-refractivity contribution in [2.45, 2.75) is 83.7 Å². The fourth-order valence-corrected chi connectivity index (χ4v) is 10.3. The van der Waals surface area contributed by atoms with Gasteiger partial charge in [-0.15, -0.1) is 0 Å². The van der Waals surface area contributed by atoms with Crippen LogP contribution in [0.3, 0.4) is 0 Å². The van der Waals surface area contributed by atoms with Crippen LogP contribution in [0.2, 0.25) is 16.6 Å². The van der Waals surface area contributed by atoms with Gasteiger partial charge in [0.05, 0.1) is 18.8 Å². The number of rotatable bonds is 7. The molecule has 2 aliphatic rings. The summed E-state index contributed by atoms with van der Waals surface area (Å²) in [7, 11) is -2.16. The van der Waals surface area contributed by atoms with Gasteiger partial charge in [-0.1, -0.05) is 47.6 Å². The van der Waals surface area contributed by atoms with E-state index in [1.54, 1.807) is 0 Å². The van der Waals surface area contributed by atoms with Gasteiger partial charge in [-0.3, -0.25) is 0 Å². The highest BCUT2D eigenvalue weighted by Gasteiger charge is 2.61. The van der Waals surface area contributed by atoms with E-state index in [-0.39, 0.29) is 11.9 Å². The molecule has 0 aromatic carbocycles. The Morgan fingerprint density at radius 3 is 2.29 bits per heavy atom. The first-order valence-corrected chi connectivity index (χ1v) is 11.6. The van der Waals surface area contributed by atoms with Crippen LogP contribution in [-0.2, 0) is 18.7 Å². The normalized spacial score (nSPS) is 27.1. The van der Waals surface area contributed by atoms with Gasteiger partial charge in [0, 0.05) is 5.92 Å². The highest BCUT2D eigenvalue weighted by Crippen LogP contribution is 2.54. The first kappa shape index (κ1) is 19.7. The molecule has 0 aromatic heterocycles. The van der Waals surface area contributed by atoms with E-state index in [9.17, 15) is 4.79 Å². The summed E-state index contributed by atoms with van der Waals surface area (Å²) >= 11 is 0. The maximum Gasteiger partial charge on any atom is 0.339 e. The lowest BCUT2D eigenvalue weighted by molar-refractivity contribution is -0.229. The molecule has 0 bridgehead atoms. The zero-order valence-corrected chi connectivity index (χ0v) is 17.3. The van der Waals surface area contributed by atoms with Crippen LogP contribution >= 0.6 is 0 Å². The molecule has 0 aromatic rings. The summed E-state index contributed by atoms with van der Waals surface area (Å²) in [5.41, 5.74) is 1.93. The Labute approximate surface area is 148 Å². The molecule has 0 N–H and O–H groups in total. The second-order valence-corrected chi connectivity index (χ2v) is 13.4. The van der Waals surface area contributed by atoms with E-state index in [4.69, 9.17) is 13.9 Å². The predicted octanol–water partition coefficient (Wildman–Crippen LogP) is 4.80. The van der Waals surface area contributed by atoms with Crippen molar-refractivity contribution in [3.05, 3.63) is 11.6 Å². The number of hydrogen-bond donors (Lipinski definition) is 0. The third-order valence-electron chi connectivity index (χ3n) is 5.74. The van der Waals surface area contributed by atoms with Crippen molar-refractivity contribution in [2.75, 3.05) is 13.2 Å². The second kappa shape index (κ2) is 7.30. The molecular weight excluding hydrogens is 320 g/mol. The molecule has 0 saturated carbocycles. The molecule has 0 radical (unpaired) electrons. The number of carbonyl (C=O) groups excluding carboxylic acids is 1. The zero-order chi connectivity index (χ0) is 18.1. The van der Waals surface area contributed by atoms with E-state index < -0.39 is 14.1 Å². The SMILES string of the molecule is CCOC(=O)C1=C[C@H]2CCCO[C@@]12O[Si](C(C)C)(C(C)C)C(C)C. The van der Waals surface area contributed by atoms with Gasteiger partial charge in [0.1, 0.15) is 0 Å². The van der Waals surface area contributed by atoms with Crippen molar-refractivity contribution < 1.29 is 18.7 Å². The number of carbonyl (C=O) groups is 1. The summed E-state index contributed by atoms with van der Waals surface area (Å²) in [6.07, 6.45) is 4.04. The topological polar surface area (TPSA) is 44.8 Å². The second-order valence-electron chi connectivity index (χ2n) is 7.99. The van der Waals surface area contributed by atoms with Gasteiger partial charge in [-0.25, -0.2) is 4.79 Å². The Kier molecular flexibility index (Phi) is 5.98. The van der Waals surface area contributed by atoms with Gasteiger partial charge >= 0.3 is 5.97 Å². The number of esters is 1. The van der Waals surface area contributed by atoms with Crippen LogP contribution in [0.1, 0.15) is 61.3 Å². The van der Waals surface area contributed by atoms with Gasteiger partial charge in [0.25, 0.3) is 0 Å². The minimum atomic E-state index is -2.16. The van der Waals surface area contributed by atoms with Crippen molar-refractivity contribution in [1.82, 2.24) is 0 Å². The maximum atomic E-state index is 12.4. The monoisotopic (exact) mass is 354 g/mol. The van der Waals surface area contributed by atoms with E-state index in [1.165, 1.54) is 0 Å². The smallest absolute Gasteiger partial charge is 0.339 e. The average molecular weight is 355 g/mol. The van der Waals surface area contributed by atoms with Crippen LogP contribution < -0.4 is 0 Å². The molecule has 0 amide bonds. The van der Waals surface area contributed by atoms with Crippen molar-refractivity contribution >= 4 is 14.3 Å². The fraction of sp³-hybridized carbons (Fsp3) is 0.842. The Bertz CT molecular complexity index is 476. The average Bonchev–Trinajstić information content (AvgIpc) is 2.46. The van der Waals surface area contributed by atoms with Crippen molar-refractivity contribution in [1.29, 1.82) is 0 Å². The summed E-state index contributed by atoms with van der Waals surface area (Å²) in [5, 5.41) is 0. The molecule has 1 saturated heterocycles. The van der Waals surface area contributed by atoms with Gasteiger partial charge < -0.3 is 13.9 Å². The van der Waals surface area contributed by atoms with Crippen LogP contribution in [-0.4, -0.2) is 33.3 Å². The lowest BCUT2D eigenvalue weighted by Gasteiger charge is -2.56. The lowest BCUT2D eigenvalue weighted by Crippen LogP contribution is -2.64. The van der Waals surface area contributed by atoms with E-state index in [2.05, 4.69) is 41.5 Å². The Morgan fingerprint density at radius 2 is 1.83 bits per heavy atom.